The Balaban J connectivity index is 1.36. The summed E-state index contributed by atoms with van der Waals surface area (Å²) < 4.78 is 0. The molecule has 0 spiro atoms. The Morgan fingerprint density at radius 2 is 1.71 bits per heavy atom. The molecular weight excluding hydrogens is 352 g/mol. The third-order valence-corrected chi connectivity index (χ3v) is 5.87. The largest absolute Gasteiger partial charge is 0.478 e. The quantitative estimate of drug-likeness (QED) is 0.856. The van der Waals surface area contributed by atoms with Gasteiger partial charge in [0.25, 0.3) is 0 Å². The number of carbonyl (C=O) groups is 1. The highest BCUT2D eigenvalue weighted by molar-refractivity contribution is 5.87. The molecule has 3 heterocycles. The summed E-state index contributed by atoms with van der Waals surface area (Å²) >= 11 is 0. The van der Waals surface area contributed by atoms with Crippen molar-refractivity contribution in [1.29, 1.82) is 0 Å². The number of carboxylic acids is 1. The minimum Gasteiger partial charge on any atom is -0.478 e. The maximum Gasteiger partial charge on any atom is 0.335 e. The zero-order valence-electron chi connectivity index (χ0n) is 16.3. The summed E-state index contributed by atoms with van der Waals surface area (Å²) in [5, 5.41) is 9.07. The van der Waals surface area contributed by atoms with Crippen LogP contribution in [0, 0.1) is 0 Å². The van der Waals surface area contributed by atoms with Crippen LogP contribution in [0.15, 0.2) is 36.7 Å². The molecule has 2 fully saturated rings. The van der Waals surface area contributed by atoms with Gasteiger partial charge in [-0.15, -0.1) is 0 Å². The maximum atomic E-state index is 11.0. The summed E-state index contributed by atoms with van der Waals surface area (Å²) in [6, 6.07) is 7.36. The molecule has 1 aromatic carbocycles. The summed E-state index contributed by atoms with van der Waals surface area (Å²) in [5.41, 5.74) is 2.73. The third-order valence-electron chi connectivity index (χ3n) is 5.87. The van der Waals surface area contributed by atoms with Crippen molar-refractivity contribution in [3.8, 4) is 0 Å². The molecule has 6 heteroatoms. The second-order valence-electron chi connectivity index (χ2n) is 7.94. The van der Waals surface area contributed by atoms with Gasteiger partial charge in [0, 0.05) is 44.1 Å². The van der Waals surface area contributed by atoms with E-state index in [-0.39, 0.29) is 0 Å². The van der Waals surface area contributed by atoms with Crippen molar-refractivity contribution in [3.63, 3.8) is 0 Å². The van der Waals surface area contributed by atoms with Crippen LogP contribution in [0.1, 0.15) is 59.5 Å². The molecule has 0 amide bonds. The Labute approximate surface area is 166 Å². The number of nitrogens with zero attached hydrogens (tertiary/aromatic N) is 4. The van der Waals surface area contributed by atoms with Crippen LogP contribution >= 0.6 is 0 Å². The van der Waals surface area contributed by atoms with Gasteiger partial charge in [-0.25, -0.2) is 14.8 Å². The number of hydrogen-bond acceptors (Lipinski definition) is 5. The molecule has 0 aliphatic carbocycles. The van der Waals surface area contributed by atoms with Gasteiger partial charge in [-0.05, 0) is 62.3 Å². The van der Waals surface area contributed by atoms with E-state index in [2.05, 4.69) is 19.8 Å². The Morgan fingerprint density at radius 1 is 1.00 bits per heavy atom. The average Bonchev–Trinajstić information content (AvgIpc) is 2.75. The fourth-order valence-corrected chi connectivity index (χ4v) is 4.31. The van der Waals surface area contributed by atoms with Gasteiger partial charge in [0.05, 0.1) is 5.56 Å². The minimum absolute atomic E-state index is 0.349. The Bertz CT molecular complexity index is 785. The Kier molecular flexibility index (Phi) is 5.86. The number of carboxylic acid groups (broad SMARTS) is 1. The lowest BCUT2D eigenvalue weighted by atomic mass is 9.90. The van der Waals surface area contributed by atoms with E-state index in [0.717, 1.165) is 57.1 Å². The van der Waals surface area contributed by atoms with Crippen molar-refractivity contribution in [2.45, 2.75) is 44.6 Å². The Morgan fingerprint density at radius 3 is 2.39 bits per heavy atom. The zero-order chi connectivity index (χ0) is 19.3. The smallest absolute Gasteiger partial charge is 0.335 e. The molecule has 6 nitrogen and oxygen atoms in total. The number of aromatic carboxylic acids is 1. The molecule has 1 aromatic heterocycles. The highest BCUT2D eigenvalue weighted by Gasteiger charge is 2.22. The number of benzene rings is 1. The monoisotopic (exact) mass is 380 g/mol. The van der Waals surface area contributed by atoms with Crippen molar-refractivity contribution in [1.82, 2.24) is 14.9 Å². The van der Waals surface area contributed by atoms with Crippen LogP contribution < -0.4 is 4.90 Å². The fraction of sp³-hybridized carbons (Fsp3) is 0.500. The normalized spacial score (nSPS) is 20.9. The van der Waals surface area contributed by atoms with E-state index in [1.54, 1.807) is 12.1 Å². The summed E-state index contributed by atoms with van der Waals surface area (Å²) in [4.78, 5) is 25.0. The lowest BCUT2D eigenvalue weighted by Crippen LogP contribution is -2.34. The summed E-state index contributed by atoms with van der Waals surface area (Å²) in [6.07, 6.45) is 10.0. The third kappa shape index (κ3) is 4.50. The first kappa shape index (κ1) is 18.9. The molecule has 2 aliphatic rings. The first-order chi connectivity index (χ1) is 13.7. The predicted molar refractivity (Wildman–Crippen MR) is 109 cm³/mol. The summed E-state index contributed by atoms with van der Waals surface area (Å²) in [6.45, 7) is 5.06. The molecule has 2 saturated heterocycles. The van der Waals surface area contributed by atoms with Gasteiger partial charge in [0.15, 0.2) is 0 Å². The minimum atomic E-state index is -0.871. The van der Waals surface area contributed by atoms with E-state index >= 15 is 0 Å². The standard InChI is InChI=1S/C22H28N4O2/c27-21(28)19-8-6-18(7-9-19)20-5-4-10-25(16-20)15-17-13-23-22(24-14-17)26-11-2-1-3-12-26/h6-9,13-14,20H,1-5,10-12,15-16H2,(H,27,28)/t20-/m0/s1. The molecule has 28 heavy (non-hydrogen) atoms. The SMILES string of the molecule is O=C(O)c1ccc([C@H]2CCCN(Cc3cnc(N4CCCCC4)nc3)C2)cc1. The van der Waals surface area contributed by atoms with Crippen molar-refractivity contribution >= 4 is 11.9 Å². The fourth-order valence-electron chi connectivity index (χ4n) is 4.31. The second-order valence-corrected chi connectivity index (χ2v) is 7.94. The van der Waals surface area contributed by atoms with E-state index < -0.39 is 5.97 Å². The van der Waals surface area contributed by atoms with Crippen molar-refractivity contribution < 1.29 is 9.90 Å². The van der Waals surface area contributed by atoms with Gasteiger partial charge in [-0.2, -0.15) is 0 Å². The van der Waals surface area contributed by atoms with E-state index in [1.165, 1.54) is 24.8 Å². The van der Waals surface area contributed by atoms with Crippen molar-refractivity contribution in [2.24, 2.45) is 0 Å². The lowest BCUT2D eigenvalue weighted by molar-refractivity contribution is 0.0697. The van der Waals surface area contributed by atoms with E-state index in [0.29, 0.717) is 11.5 Å². The number of anilines is 1. The predicted octanol–water partition coefficient (Wildman–Crippen LogP) is 3.54. The van der Waals surface area contributed by atoms with E-state index in [9.17, 15) is 4.79 Å². The van der Waals surface area contributed by atoms with Crippen LogP contribution in [0.5, 0.6) is 0 Å². The van der Waals surface area contributed by atoms with Gasteiger partial charge in [-0.3, -0.25) is 4.90 Å². The topological polar surface area (TPSA) is 69.6 Å². The average molecular weight is 380 g/mol. The Hall–Kier alpha value is -2.47. The number of aromatic nitrogens is 2. The lowest BCUT2D eigenvalue weighted by Gasteiger charge is -2.33. The van der Waals surface area contributed by atoms with Crippen LogP contribution in [0.4, 0.5) is 5.95 Å². The molecule has 2 aromatic rings. The number of hydrogen-bond donors (Lipinski definition) is 1. The molecule has 0 bridgehead atoms. The number of rotatable bonds is 5. The molecule has 1 N–H and O–H groups in total. The molecule has 0 unspecified atom stereocenters. The number of likely N-dealkylation sites (tertiary alicyclic amines) is 1. The van der Waals surface area contributed by atoms with Crippen LogP contribution in [0.3, 0.4) is 0 Å². The molecular formula is C22H28N4O2. The summed E-state index contributed by atoms with van der Waals surface area (Å²) in [7, 11) is 0. The molecule has 2 aliphatic heterocycles. The molecule has 0 radical (unpaired) electrons. The van der Waals surface area contributed by atoms with Gasteiger partial charge in [0.2, 0.25) is 5.95 Å². The van der Waals surface area contributed by atoms with Gasteiger partial charge in [0.1, 0.15) is 0 Å². The maximum absolute atomic E-state index is 11.0. The van der Waals surface area contributed by atoms with Crippen molar-refractivity contribution in [3.05, 3.63) is 53.3 Å². The highest BCUT2D eigenvalue weighted by atomic mass is 16.4. The highest BCUT2D eigenvalue weighted by Crippen LogP contribution is 2.28. The van der Waals surface area contributed by atoms with Gasteiger partial charge in [-0.1, -0.05) is 12.1 Å². The molecule has 148 valence electrons. The van der Waals surface area contributed by atoms with Crippen LogP contribution in [0.25, 0.3) is 0 Å². The van der Waals surface area contributed by atoms with Crippen LogP contribution in [-0.4, -0.2) is 52.1 Å². The van der Waals surface area contributed by atoms with Crippen LogP contribution in [0.2, 0.25) is 0 Å². The van der Waals surface area contributed by atoms with Gasteiger partial charge < -0.3 is 10.0 Å². The van der Waals surface area contributed by atoms with E-state index in [1.807, 2.05) is 24.5 Å². The zero-order valence-corrected chi connectivity index (χ0v) is 16.3. The molecule has 4 rings (SSSR count). The first-order valence-electron chi connectivity index (χ1n) is 10.3. The first-order valence-corrected chi connectivity index (χ1v) is 10.3. The number of piperidine rings is 2. The van der Waals surface area contributed by atoms with Crippen molar-refractivity contribution in [2.75, 3.05) is 31.1 Å². The molecule has 1 atom stereocenters. The van der Waals surface area contributed by atoms with E-state index in [4.69, 9.17) is 5.11 Å². The second kappa shape index (κ2) is 8.69. The molecule has 0 saturated carbocycles. The van der Waals surface area contributed by atoms with Crippen LogP contribution in [-0.2, 0) is 6.54 Å². The summed E-state index contributed by atoms with van der Waals surface area (Å²) in [5.74, 6) is 0.438. The van der Waals surface area contributed by atoms with Gasteiger partial charge >= 0.3 is 5.97 Å².